The Morgan fingerprint density at radius 2 is 1.87 bits per heavy atom. The largest absolute Gasteiger partial charge is 0.496 e. The number of hydrogen-bond acceptors (Lipinski definition) is 4. The van der Waals surface area contributed by atoms with Crippen LogP contribution >= 0.6 is 0 Å². The summed E-state index contributed by atoms with van der Waals surface area (Å²) in [4.78, 5) is 26.0. The van der Waals surface area contributed by atoms with Crippen molar-refractivity contribution in [1.29, 1.82) is 0 Å². The Hall–Kier alpha value is -3.13. The van der Waals surface area contributed by atoms with E-state index in [0.717, 1.165) is 37.2 Å². The van der Waals surface area contributed by atoms with Crippen molar-refractivity contribution in [1.82, 2.24) is 10.2 Å². The van der Waals surface area contributed by atoms with Gasteiger partial charge in [0.15, 0.2) is 0 Å². The van der Waals surface area contributed by atoms with Gasteiger partial charge in [0.25, 0.3) is 0 Å². The molecule has 0 bridgehead atoms. The molecule has 1 heterocycles. The average molecular weight is 414 g/mol. The van der Waals surface area contributed by atoms with Crippen LogP contribution in [0.1, 0.15) is 31.4 Å². The third-order valence-electron chi connectivity index (χ3n) is 5.07. The van der Waals surface area contributed by atoms with Crippen LogP contribution in [0.4, 0.5) is 20.6 Å². The zero-order valence-electron chi connectivity index (χ0n) is 17.2. The summed E-state index contributed by atoms with van der Waals surface area (Å²) in [6, 6.07) is 11.4. The van der Waals surface area contributed by atoms with E-state index in [1.807, 2.05) is 24.3 Å². The van der Waals surface area contributed by atoms with E-state index < -0.39 is 11.8 Å². The Kier molecular flexibility index (Phi) is 7.24. The fourth-order valence-electron chi connectivity index (χ4n) is 3.68. The number of halogens is 1. The number of methoxy groups -OCH3 is 1. The molecule has 3 amide bonds. The number of anilines is 2. The molecule has 30 heavy (non-hydrogen) atoms. The van der Waals surface area contributed by atoms with Gasteiger partial charge in [-0.2, -0.15) is 0 Å². The van der Waals surface area contributed by atoms with Crippen LogP contribution in [0.25, 0.3) is 0 Å². The van der Waals surface area contributed by atoms with Crippen molar-refractivity contribution in [2.24, 2.45) is 0 Å². The Balaban J connectivity index is 1.68. The van der Waals surface area contributed by atoms with E-state index in [2.05, 4.69) is 20.9 Å². The lowest BCUT2D eigenvalue weighted by Gasteiger charge is -2.29. The van der Waals surface area contributed by atoms with Gasteiger partial charge in [0.1, 0.15) is 11.6 Å². The van der Waals surface area contributed by atoms with E-state index in [9.17, 15) is 14.0 Å². The number of carbonyl (C=O) groups excluding carboxylic acids is 2. The molecule has 0 aromatic heterocycles. The second kappa shape index (κ2) is 10.1. The predicted octanol–water partition coefficient (Wildman–Crippen LogP) is 3.75. The molecule has 1 atom stereocenters. The van der Waals surface area contributed by atoms with Crippen molar-refractivity contribution in [3.05, 3.63) is 53.8 Å². The quantitative estimate of drug-likeness (QED) is 0.644. The molecule has 3 rings (SSSR count). The molecule has 8 heteroatoms. The summed E-state index contributed by atoms with van der Waals surface area (Å²) in [5.74, 6) is -0.169. The van der Waals surface area contributed by atoms with Crippen LogP contribution in [0.3, 0.4) is 0 Å². The van der Waals surface area contributed by atoms with E-state index in [1.165, 1.54) is 25.1 Å². The van der Waals surface area contributed by atoms with Crippen LogP contribution in [0.15, 0.2) is 42.5 Å². The van der Waals surface area contributed by atoms with Crippen molar-refractivity contribution in [2.75, 3.05) is 37.4 Å². The maximum absolute atomic E-state index is 13.8. The highest BCUT2D eigenvalue weighted by molar-refractivity contribution is 5.92. The number of ether oxygens (including phenoxy) is 1. The molecular weight excluding hydrogens is 387 g/mol. The van der Waals surface area contributed by atoms with E-state index in [4.69, 9.17) is 4.74 Å². The number of nitrogens with one attached hydrogen (secondary N) is 3. The first-order valence-corrected chi connectivity index (χ1v) is 9.97. The van der Waals surface area contributed by atoms with Gasteiger partial charge >= 0.3 is 6.03 Å². The maximum Gasteiger partial charge on any atom is 0.319 e. The van der Waals surface area contributed by atoms with E-state index in [0.29, 0.717) is 12.2 Å². The number of likely N-dealkylation sites (tertiary alicyclic amines) is 1. The standard InChI is InChI=1S/C22H27FN4O3/c1-15(28)25-19-13-16(9-10-18(19)23)26-22(29)24-14-20(27-11-5-6-12-27)17-7-3-4-8-21(17)30-2/h3-4,7-10,13,20H,5-6,11-12,14H2,1-2H3,(H,25,28)(H2,24,26,29). The number of nitrogens with zero attached hydrogens (tertiary/aromatic N) is 1. The van der Waals surface area contributed by atoms with Crippen molar-refractivity contribution in [3.8, 4) is 5.75 Å². The number of urea groups is 1. The first kappa shape index (κ1) is 21.6. The smallest absolute Gasteiger partial charge is 0.319 e. The number of carbonyl (C=O) groups is 2. The average Bonchev–Trinajstić information content (AvgIpc) is 3.25. The van der Waals surface area contributed by atoms with Gasteiger partial charge < -0.3 is 20.7 Å². The van der Waals surface area contributed by atoms with E-state index in [1.54, 1.807) is 7.11 Å². The van der Waals surface area contributed by atoms with E-state index in [-0.39, 0.29) is 17.6 Å². The fraction of sp³-hybridized carbons (Fsp3) is 0.364. The minimum absolute atomic E-state index is 0.0161. The van der Waals surface area contributed by atoms with Crippen molar-refractivity contribution in [2.45, 2.75) is 25.8 Å². The third kappa shape index (κ3) is 5.48. The van der Waals surface area contributed by atoms with Gasteiger partial charge in [0, 0.05) is 24.7 Å². The van der Waals surface area contributed by atoms with Gasteiger partial charge in [-0.05, 0) is 50.2 Å². The molecule has 1 aliphatic rings. The molecule has 1 aliphatic heterocycles. The van der Waals surface area contributed by atoms with Gasteiger partial charge in [-0.1, -0.05) is 18.2 Å². The van der Waals surface area contributed by atoms with Crippen LogP contribution in [0, 0.1) is 5.82 Å². The normalized spacial score (nSPS) is 14.8. The highest BCUT2D eigenvalue weighted by Crippen LogP contribution is 2.31. The first-order chi connectivity index (χ1) is 14.5. The van der Waals surface area contributed by atoms with Gasteiger partial charge in [-0.25, -0.2) is 9.18 Å². The summed E-state index contributed by atoms with van der Waals surface area (Å²) in [5, 5.41) is 8.00. The molecule has 3 N–H and O–H groups in total. The summed E-state index contributed by atoms with van der Waals surface area (Å²) >= 11 is 0. The molecule has 160 valence electrons. The Labute approximate surface area is 175 Å². The molecule has 2 aromatic rings. The summed E-state index contributed by atoms with van der Waals surface area (Å²) in [6.07, 6.45) is 2.25. The molecule has 0 saturated carbocycles. The molecule has 1 unspecified atom stereocenters. The molecular formula is C22H27FN4O3. The van der Waals surface area contributed by atoms with Crippen LogP contribution in [-0.4, -0.2) is 43.6 Å². The molecule has 2 aromatic carbocycles. The monoisotopic (exact) mass is 414 g/mol. The van der Waals surface area contributed by atoms with Gasteiger partial charge in [-0.15, -0.1) is 0 Å². The van der Waals surface area contributed by atoms with Gasteiger partial charge in [0.2, 0.25) is 5.91 Å². The number of benzene rings is 2. The fourth-order valence-corrected chi connectivity index (χ4v) is 3.68. The van der Waals surface area contributed by atoms with Gasteiger partial charge in [0.05, 0.1) is 18.8 Å². The van der Waals surface area contributed by atoms with Gasteiger partial charge in [-0.3, -0.25) is 9.69 Å². The van der Waals surface area contributed by atoms with Crippen LogP contribution in [-0.2, 0) is 4.79 Å². The lowest BCUT2D eigenvalue weighted by atomic mass is 10.0. The van der Waals surface area contributed by atoms with E-state index >= 15 is 0 Å². The minimum atomic E-state index is -0.568. The molecule has 0 spiro atoms. The molecule has 7 nitrogen and oxygen atoms in total. The van der Waals surface area contributed by atoms with Crippen LogP contribution < -0.4 is 20.7 Å². The summed E-state index contributed by atoms with van der Waals surface area (Å²) < 4.78 is 19.3. The van der Waals surface area contributed by atoms with Crippen molar-refractivity contribution < 1.29 is 18.7 Å². The zero-order valence-corrected chi connectivity index (χ0v) is 17.2. The number of amides is 3. The summed E-state index contributed by atoms with van der Waals surface area (Å²) in [6.45, 7) is 3.61. The molecule has 0 radical (unpaired) electrons. The highest BCUT2D eigenvalue weighted by Gasteiger charge is 2.26. The Morgan fingerprint density at radius 3 is 2.57 bits per heavy atom. The van der Waals surface area contributed by atoms with Crippen LogP contribution in [0.5, 0.6) is 5.75 Å². The third-order valence-corrected chi connectivity index (χ3v) is 5.07. The number of hydrogen-bond donors (Lipinski definition) is 3. The maximum atomic E-state index is 13.8. The molecule has 1 saturated heterocycles. The zero-order chi connectivity index (χ0) is 21.5. The summed E-state index contributed by atoms with van der Waals surface area (Å²) in [7, 11) is 1.64. The highest BCUT2D eigenvalue weighted by atomic mass is 19.1. The molecule has 1 fully saturated rings. The minimum Gasteiger partial charge on any atom is -0.496 e. The number of para-hydroxylation sites is 1. The summed E-state index contributed by atoms with van der Waals surface area (Å²) in [5.41, 5.74) is 1.42. The predicted molar refractivity (Wildman–Crippen MR) is 114 cm³/mol. The second-order valence-electron chi connectivity index (χ2n) is 7.21. The lowest BCUT2D eigenvalue weighted by Crippen LogP contribution is -2.38. The Morgan fingerprint density at radius 1 is 1.13 bits per heavy atom. The Bertz CT molecular complexity index is 900. The topological polar surface area (TPSA) is 82.7 Å². The molecule has 0 aliphatic carbocycles. The van der Waals surface area contributed by atoms with Crippen molar-refractivity contribution >= 4 is 23.3 Å². The lowest BCUT2D eigenvalue weighted by molar-refractivity contribution is -0.114. The van der Waals surface area contributed by atoms with Crippen molar-refractivity contribution in [3.63, 3.8) is 0 Å². The first-order valence-electron chi connectivity index (χ1n) is 9.97. The number of rotatable bonds is 7. The van der Waals surface area contributed by atoms with Crippen LogP contribution in [0.2, 0.25) is 0 Å². The second-order valence-corrected chi connectivity index (χ2v) is 7.21. The SMILES string of the molecule is COc1ccccc1C(CNC(=O)Nc1ccc(F)c(NC(C)=O)c1)N1CCCC1.